The molecule has 0 aromatic rings. The van der Waals surface area contributed by atoms with Crippen molar-refractivity contribution >= 4 is 6.72 Å². The molecule has 0 aromatic heterocycles. The highest BCUT2D eigenvalue weighted by Gasteiger charge is 1.94. The van der Waals surface area contributed by atoms with Crippen molar-refractivity contribution in [3.8, 4) is 0 Å². The van der Waals surface area contributed by atoms with Crippen molar-refractivity contribution in [1.82, 2.24) is 0 Å². The van der Waals surface area contributed by atoms with Crippen molar-refractivity contribution in [2.45, 2.75) is 20.0 Å². The molecule has 0 heterocycles. The van der Waals surface area contributed by atoms with Crippen LogP contribution >= 0.6 is 0 Å². The lowest BCUT2D eigenvalue weighted by atomic mass is 10.5. The molecule has 0 fully saturated rings. The molecule has 0 rings (SSSR count). The van der Waals surface area contributed by atoms with E-state index in [4.69, 9.17) is 4.74 Å². The molecule has 0 saturated heterocycles. The predicted octanol–water partition coefficient (Wildman–Crippen LogP) is 0.754. The summed E-state index contributed by atoms with van der Waals surface area (Å²) >= 11 is 0. The molecule has 2 nitrogen and oxygen atoms in total. The SMILES string of the molecule is C=[N+](C)CCOC(C)C. The highest BCUT2D eigenvalue weighted by Crippen LogP contribution is 1.85. The minimum Gasteiger partial charge on any atom is -0.372 e. The molecule has 2 heteroatoms. The lowest BCUT2D eigenvalue weighted by molar-refractivity contribution is -0.492. The van der Waals surface area contributed by atoms with Gasteiger partial charge in [-0.2, -0.15) is 0 Å². The maximum atomic E-state index is 5.27. The van der Waals surface area contributed by atoms with Crippen molar-refractivity contribution in [1.29, 1.82) is 0 Å². The Hall–Kier alpha value is -0.370. The molecule has 0 bridgehead atoms. The minimum absolute atomic E-state index is 0.338. The Morgan fingerprint density at radius 1 is 1.56 bits per heavy atom. The molecule has 0 aliphatic carbocycles. The summed E-state index contributed by atoms with van der Waals surface area (Å²) in [5.74, 6) is 0. The summed E-state index contributed by atoms with van der Waals surface area (Å²) in [5.41, 5.74) is 0. The van der Waals surface area contributed by atoms with Crippen LogP contribution in [0.5, 0.6) is 0 Å². The summed E-state index contributed by atoms with van der Waals surface area (Å²) < 4.78 is 7.13. The second-order valence-corrected chi connectivity index (χ2v) is 2.50. The first kappa shape index (κ1) is 8.63. The molecule has 0 atom stereocenters. The molecule has 0 aliphatic heterocycles. The molecular formula is C7H16NO+. The fourth-order valence-electron chi connectivity index (χ4n) is 0.444. The predicted molar refractivity (Wildman–Crippen MR) is 39.3 cm³/mol. The van der Waals surface area contributed by atoms with E-state index in [9.17, 15) is 0 Å². The fourth-order valence-corrected chi connectivity index (χ4v) is 0.444. The largest absolute Gasteiger partial charge is 0.372 e. The summed E-state index contributed by atoms with van der Waals surface area (Å²) in [4.78, 5) is 0. The van der Waals surface area contributed by atoms with E-state index in [1.165, 1.54) is 0 Å². The van der Waals surface area contributed by atoms with Gasteiger partial charge in [0.25, 0.3) is 0 Å². The van der Waals surface area contributed by atoms with Crippen LogP contribution in [0.25, 0.3) is 0 Å². The number of nitrogens with zero attached hydrogens (tertiary/aromatic N) is 1. The zero-order valence-electron chi connectivity index (χ0n) is 6.55. The average molecular weight is 130 g/mol. The molecule has 0 saturated carbocycles. The molecule has 0 aliphatic rings. The summed E-state index contributed by atoms with van der Waals surface area (Å²) in [6, 6.07) is 0. The number of ether oxygens (including phenoxy) is 1. The van der Waals surface area contributed by atoms with Gasteiger partial charge in [0.2, 0.25) is 0 Å². The lowest BCUT2D eigenvalue weighted by Crippen LogP contribution is -2.14. The van der Waals surface area contributed by atoms with E-state index in [1.54, 1.807) is 0 Å². The van der Waals surface area contributed by atoms with Crippen LogP contribution in [-0.2, 0) is 4.74 Å². The zero-order valence-corrected chi connectivity index (χ0v) is 6.55. The van der Waals surface area contributed by atoms with Gasteiger partial charge in [-0.15, -0.1) is 0 Å². The van der Waals surface area contributed by atoms with E-state index in [1.807, 2.05) is 25.5 Å². The van der Waals surface area contributed by atoms with Crippen molar-refractivity contribution in [3.05, 3.63) is 0 Å². The van der Waals surface area contributed by atoms with E-state index in [0.29, 0.717) is 6.10 Å². The quantitative estimate of drug-likeness (QED) is 0.404. The molecule has 0 radical (unpaired) electrons. The van der Waals surface area contributed by atoms with E-state index < -0.39 is 0 Å². The van der Waals surface area contributed by atoms with Gasteiger partial charge in [-0.25, -0.2) is 4.58 Å². The third-order valence-electron chi connectivity index (χ3n) is 0.924. The Bertz CT molecular complexity index is 88.9. The second-order valence-electron chi connectivity index (χ2n) is 2.50. The van der Waals surface area contributed by atoms with Gasteiger partial charge in [0.1, 0.15) is 20.4 Å². The Labute approximate surface area is 57.1 Å². The first-order valence-corrected chi connectivity index (χ1v) is 3.26. The van der Waals surface area contributed by atoms with Crippen LogP contribution in [-0.4, -0.2) is 37.6 Å². The molecule has 0 aromatic carbocycles. The Kier molecular flexibility index (Phi) is 4.32. The summed E-state index contributed by atoms with van der Waals surface area (Å²) in [5, 5.41) is 0. The molecule has 0 amide bonds. The normalized spacial score (nSPS) is 10.2. The van der Waals surface area contributed by atoms with Crippen molar-refractivity contribution in [3.63, 3.8) is 0 Å². The van der Waals surface area contributed by atoms with Crippen molar-refractivity contribution in [2.75, 3.05) is 20.2 Å². The second kappa shape index (κ2) is 4.50. The van der Waals surface area contributed by atoms with Gasteiger partial charge in [0, 0.05) is 0 Å². The van der Waals surface area contributed by atoms with Gasteiger partial charge in [0.05, 0.1) is 6.10 Å². The Morgan fingerprint density at radius 3 is 2.44 bits per heavy atom. The molecule has 0 spiro atoms. The highest BCUT2D eigenvalue weighted by molar-refractivity contribution is 5.13. The lowest BCUT2D eigenvalue weighted by Gasteiger charge is -2.03. The molecule has 0 unspecified atom stereocenters. The van der Waals surface area contributed by atoms with Crippen molar-refractivity contribution in [2.24, 2.45) is 0 Å². The van der Waals surface area contributed by atoms with Crippen molar-refractivity contribution < 1.29 is 9.31 Å². The molecule has 54 valence electrons. The molecule has 0 N–H and O–H groups in total. The van der Waals surface area contributed by atoms with E-state index in [2.05, 4.69) is 6.72 Å². The van der Waals surface area contributed by atoms with Crippen LogP contribution in [0.3, 0.4) is 0 Å². The maximum absolute atomic E-state index is 5.27. The summed E-state index contributed by atoms with van der Waals surface area (Å²) in [6.07, 6.45) is 0.338. The summed E-state index contributed by atoms with van der Waals surface area (Å²) in [7, 11) is 1.93. The van der Waals surface area contributed by atoms with Crippen LogP contribution < -0.4 is 0 Å². The molecular weight excluding hydrogens is 114 g/mol. The smallest absolute Gasteiger partial charge is 0.165 e. The third-order valence-corrected chi connectivity index (χ3v) is 0.924. The standard InChI is InChI=1S/C7H16NO/c1-7(2)9-6-5-8(3)4/h7H,3,5-6H2,1-2,4H3/q+1. The van der Waals surface area contributed by atoms with Crippen LogP contribution in [0.4, 0.5) is 0 Å². The van der Waals surface area contributed by atoms with Gasteiger partial charge in [-0.3, -0.25) is 0 Å². The Morgan fingerprint density at radius 2 is 2.11 bits per heavy atom. The first-order chi connectivity index (χ1) is 4.13. The summed E-state index contributed by atoms with van der Waals surface area (Å²) in [6.45, 7) is 9.43. The minimum atomic E-state index is 0.338. The third kappa shape index (κ3) is 7.63. The van der Waals surface area contributed by atoms with Gasteiger partial charge < -0.3 is 4.74 Å². The topological polar surface area (TPSA) is 12.2 Å². The number of likely N-dealkylation sites (N-methyl/N-ethyl adjacent to an activating group) is 1. The average Bonchev–Trinajstić information content (AvgIpc) is 1.63. The van der Waals surface area contributed by atoms with Crippen LogP contribution in [0.2, 0.25) is 0 Å². The van der Waals surface area contributed by atoms with E-state index in [0.717, 1.165) is 13.2 Å². The highest BCUT2D eigenvalue weighted by atomic mass is 16.5. The first-order valence-electron chi connectivity index (χ1n) is 3.26. The maximum Gasteiger partial charge on any atom is 0.165 e. The van der Waals surface area contributed by atoms with Crippen LogP contribution in [0.1, 0.15) is 13.8 Å². The number of hydrogen-bond donors (Lipinski definition) is 0. The number of rotatable bonds is 4. The molecule has 9 heavy (non-hydrogen) atoms. The van der Waals surface area contributed by atoms with Crippen LogP contribution in [0.15, 0.2) is 0 Å². The van der Waals surface area contributed by atoms with Gasteiger partial charge >= 0.3 is 0 Å². The Balaban J connectivity index is 3.01. The van der Waals surface area contributed by atoms with Gasteiger partial charge in [-0.1, -0.05) is 0 Å². The fraction of sp³-hybridized carbons (Fsp3) is 0.857. The monoisotopic (exact) mass is 130 g/mol. The van der Waals surface area contributed by atoms with Gasteiger partial charge in [0.15, 0.2) is 6.54 Å². The van der Waals surface area contributed by atoms with E-state index in [-0.39, 0.29) is 0 Å². The van der Waals surface area contributed by atoms with E-state index >= 15 is 0 Å². The van der Waals surface area contributed by atoms with Gasteiger partial charge in [-0.05, 0) is 13.8 Å². The zero-order chi connectivity index (χ0) is 7.28. The van der Waals surface area contributed by atoms with Crippen LogP contribution in [0, 0.1) is 0 Å². The number of hydrogen-bond acceptors (Lipinski definition) is 1.